The zero-order valence-corrected chi connectivity index (χ0v) is 12.5. The van der Waals surface area contributed by atoms with E-state index in [9.17, 15) is 9.59 Å². The van der Waals surface area contributed by atoms with Crippen LogP contribution in [0.25, 0.3) is 0 Å². The predicted molar refractivity (Wildman–Crippen MR) is 71.2 cm³/mol. The molecule has 1 aromatic heterocycles. The first-order chi connectivity index (χ1) is 8.73. The summed E-state index contributed by atoms with van der Waals surface area (Å²) in [5.74, 6) is -0.437. The molecule has 1 unspecified atom stereocenters. The molecule has 1 N–H and O–H groups in total. The molecule has 1 aromatic rings. The Morgan fingerprint density at radius 2 is 2.05 bits per heavy atom. The number of hydrogen-bond donors (Lipinski definition) is 1. The van der Waals surface area contributed by atoms with Crippen LogP contribution < -0.4 is 5.32 Å². The van der Waals surface area contributed by atoms with Gasteiger partial charge in [0.25, 0.3) is 0 Å². The third-order valence-corrected chi connectivity index (χ3v) is 3.17. The molecular formula is C12H18N2O4S. The SMILES string of the molecule is COC(=O)c1cnc(C(C)NC(=O)OC(C)(C)C)s1. The van der Waals surface area contributed by atoms with E-state index in [2.05, 4.69) is 15.0 Å². The van der Waals surface area contributed by atoms with E-state index in [1.54, 1.807) is 27.7 Å². The fourth-order valence-electron chi connectivity index (χ4n) is 1.23. The van der Waals surface area contributed by atoms with Crippen molar-refractivity contribution in [2.75, 3.05) is 7.11 Å². The lowest BCUT2D eigenvalue weighted by Gasteiger charge is -2.21. The van der Waals surface area contributed by atoms with Crippen LogP contribution in [0.4, 0.5) is 4.79 Å². The number of carbonyl (C=O) groups is 2. The molecule has 1 amide bonds. The summed E-state index contributed by atoms with van der Waals surface area (Å²) in [5, 5.41) is 3.27. The summed E-state index contributed by atoms with van der Waals surface area (Å²) in [7, 11) is 1.31. The maximum absolute atomic E-state index is 11.6. The number of nitrogens with one attached hydrogen (secondary N) is 1. The standard InChI is InChI=1S/C12H18N2O4S/c1-7(14-11(16)18-12(2,3)4)9-13-6-8(19-9)10(15)17-5/h6-7H,1-5H3,(H,14,16). The molecule has 0 bridgehead atoms. The normalized spacial score (nSPS) is 12.7. The summed E-state index contributed by atoms with van der Waals surface area (Å²) in [6.07, 6.45) is 0.911. The molecule has 0 aromatic carbocycles. The van der Waals surface area contributed by atoms with Crippen molar-refractivity contribution in [3.63, 3.8) is 0 Å². The van der Waals surface area contributed by atoms with Gasteiger partial charge >= 0.3 is 12.1 Å². The fraction of sp³-hybridized carbons (Fsp3) is 0.583. The molecule has 1 atom stereocenters. The number of rotatable bonds is 3. The maximum atomic E-state index is 11.6. The first-order valence-electron chi connectivity index (χ1n) is 5.76. The van der Waals surface area contributed by atoms with Gasteiger partial charge < -0.3 is 14.8 Å². The number of ether oxygens (including phenoxy) is 2. The van der Waals surface area contributed by atoms with Crippen LogP contribution in [0.5, 0.6) is 0 Å². The van der Waals surface area contributed by atoms with E-state index in [-0.39, 0.29) is 6.04 Å². The molecule has 0 radical (unpaired) electrons. The van der Waals surface area contributed by atoms with E-state index in [0.29, 0.717) is 9.88 Å². The number of methoxy groups -OCH3 is 1. The van der Waals surface area contributed by atoms with Crippen molar-refractivity contribution in [3.8, 4) is 0 Å². The van der Waals surface area contributed by atoms with Gasteiger partial charge in [0, 0.05) is 0 Å². The first-order valence-corrected chi connectivity index (χ1v) is 6.58. The molecule has 7 heteroatoms. The van der Waals surface area contributed by atoms with E-state index < -0.39 is 17.7 Å². The topological polar surface area (TPSA) is 77.5 Å². The van der Waals surface area contributed by atoms with Crippen LogP contribution in [-0.2, 0) is 9.47 Å². The third-order valence-electron chi connectivity index (χ3n) is 2.01. The minimum atomic E-state index is -0.552. The highest BCUT2D eigenvalue weighted by atomic mass is 32.1. The monoisotopic (exact) mass is 286 g/mol. The summed E-state index contributed by atoms with van der Waals surface area (Å²) in [6, 6.07) is -0.335. The third kappa shape index (κ3) is 4.86. The zero-order chi connectivity index (χ0) is 14.6. The first kappa shape index (κ1) is 15.4. The molecule has 19 heavy (non-hydrogen) atoms. The molecule has 1 rings (SSSR count). The lowest BCUT2D eigenvalue weighted by atomic mass is 10.2. The van der Waals surface area contributed by atoms with Crippen LogP contribution in [0, 0.1) is 0 Å². The highest BCUT2D eigenvalue weighted by Gasteiger charge is 2.20. The molecule has 6 nitrogen and oxygen atoms in total. The Kier molecular flexibility index (Phi) is 4.88. The minimum Gasteiger partial charge on any atom is -0.465 e. The summed E-state index contributed by atoms with van der Waals surface area (Å²) in [6.45, 7) is 7.13. The number of nitrogens with zero attached hydrogens (tertiary/aromatic N) is 1. The van der Waals surface area contributed by atoms with Crippen molar-refractivity contribution in [1.82, 2.24) is 10.3 Å². The Morgan fingerprint density at radius 1 is 1.42 bits per heavy atom. The zero-order valence-electron chi connectivity index (χ0n) is 11.6. The number of alkyl carbamates (subject to hydrolysis) is 1. The van der Waals surface area contributed by atoms with Crippen LogP contribution in [0.2, 0.25) is 0 Å². The number of thiazole rings is 1. The van der Waals surface area contributed by atoms with E-state index >= 15 is 0 Å². The molecule has 0 aliphatic carbocycles. The highest BCUT2D eigenvalue weighted by Crippen LogP contribution is 2.21. The van der Waals surface area contributed by atoms with Crippen molar-refractivity contribution in [2.45, 2.75) is 39.3 Å². The number of hydrogen-bond acceptors (Lipinski definition) is 6. The quantitative estimate of drug-likeness (QED) is 0.864. The highest BCUT2D eigenvalue weighted by molar-refractivity contribution is 7.13. The van der Waals surface area contributed by atoms with Gasteiger partial charge in [0.15, 0.2) is 0 Å². The van der Waals surface area contributed by atoms with Gasteiger partial charge in [0.1, 0.15) is 15.5 Å². The van der Waals surface area contributed by atoms with Crippen molar-refractivity contribution in [3.05, 3.63) is 16.1 Å². The van der Waals surface area contributed by atoms with Crippen molar-refractivity contribution in [2.24, 2.45) is 0 Å². The lowest BCUT2D eigenvalue weighted by molar-refractivity contribution is 0.0507. The summed E-state index contributed by atoms with van der Waals surface area (Å²) >= 11 is 1.18. The summed E-state index contributed by atoms with van der Waals surface area (Å²) < 4.78 is 9.74. The second kappa shape index (κ2) is 6.01. The van der Waals surface area contributed by atoms with Gasteiger partial charge in [-0.25, -0.2) is 14.6 Å². The smallest absolute Gasteiger partial charge is 0.408 e. The second-order valence-electron chi connectivity index (χ2n) is 4.92. The van der Waals surface area contributed by atoms with E-state index in [4.69, 9.17) is 4.74 Å². The van der Waals surface area contributed by atoms with Gasteiger partial charge in [-0.15, -0.1) is 11.3 Å². The molecule has 0 saturated heterocycles. The van der Waals surface area contributed by atoms with Gasteiger partial charge in [-0.05, 0) is 27.7 Å². The number of esters is 1. The Hall–Kier alpha value is -1.63. The van der Waals surface area contributed by atoms with Crippen molar-refractivity contribution >= 4 is 23.4 Å². The number of carbonyl (C=O) groups excluding carboxylic acids is 2. The summed E-state index contributed by atoms with van der Waals surface area (Å²) in [5.41, 5.74) is -0.552. The average molecular weight is 286 g/mol. The molecule has 0 saturated carbocycles. The van der Waals surface area contributed by atoms with Crippen molar-refractivity contribution < 1.29 is 19.1 Å². The Bertz CT molecular complexity index is 465. The van der Waals surface area contributed by atoms with Crippen LogP contribution in [0.15, 0.2) is 6.20 Å². The lowest BCUT2D eigenvalue weighted by Crippen LogP contribution is -2.33. The van der Waals surface area contributed by atoms with Crippen LogP contribution in [-0.4, -0.2) is 29.8 Å². The summed E-state index contributed by atoms with van der Waals surface area (Å²) in [4.78, 5) is 27.4. The van der Waals surface area contributed by atoms with Gasteiger partial charge in [0.05, 0.1) is 19.3 Å². The molecule has 0 fully saturated rings. The van der Waals surface area contributed by atoms with E-state index in [1.165, 1.54) is 24.6 Å². The number of amides is 1. The Labute approximate surface area is 116 Å². The second-order valence-corrected chi connectivity index (χ2v) is 5.98. The maximum Gasteiger partial charge on any atom is 0.408 e. The van der Waals surface area contributed by atoms with E-state index in [0.717, 1.165) is 0 Å². The van der Waals surface area contributed by atoms with E-state index in [1.807, 2.05) is 0 Å². The largest absolute Gasteiger partial charge is 0.465 e. The Balaban J connectivity index is 2.63. The van der Waals surface area contributed by atoms with Crippen molar-refractivity contribution in [1.29, 1.82) is 0 Å². The van der Waals surface area contributed by atoms with Gasteiger partial charge in [0.2, 0.25) is 0 Å². The minimum absolute atomic E-state index is 0.335. The fourth-order valence-corrected chi connectivity index (χ4v) is 2.07. The molecular weight excluding hydrogens is 268 g/mol. The van der Waals surface area contributed by atoms with Crippen LogP contribution in [0.3, 0.4) is 0 Å². The molecule has 106 valence electrons. The van der Waals surface area contributed by atoms with Gasteiger partial charge in [-0.2, -0.15) is 0 Å². The average Bonchev–Trinajstić information content (AvgIpc) is 2.74. The van der Waals surface area contributed by atoms with Gasteiger partial charge in [-0.1, -0.05) is 0 Å². The Morgan fingerprint density at radius 3 is 2.58 bits per heavy atom. The van der Waals surface area contributed by atoms with Crippen LogP contribution in [0.1, 0.15) is 48.4 Å². The molecule has 0 aliphatic rings. The predicted octanol–water partition coefficient (Wildman–Crippen LogP) is 2.52. The van der Waals surface area contributed by atoms with Gasteiger partial charge in [-0.3, -0.25) is 0 Å². The number of aromatic nitrogens is 1. The molecule has 0 spiro atoms. The molecule has 1 heterocycles. The van der Waals surface area contributed by atoms with Crippen LogP contribution >= 0.6 is 11.3 Å². The molecule has 0 aliphatic heterocycles.